The summed E-state index contributed by atoms with van der Waals surface area (Å²) in [5.41, 5.74) is 1.32. The van der Waals surface area contributed by atoms with Crippen LogP contribution in [-0.2, 0) is 16.6 Å². The first kappa shape index (κ1) is 19.0. The first-order valence-corrected chi connectivity index (χ1v) is 9.13. The van der Waals surface area contributed by atoms with Gasteiger partial charge in [-0.05, 0) is 41.5 Å². The summed E-state index contributed by atoms with van der Waals surface area (Å²) in [5, 5.41) is 9.37. The van der Waals surface area contributed by atoms with Crippen LogP contribution >= 0.6 is 0 Å². The molecule has 0 saturated heterocycles. The van der Waals surface area contributed by atoms with E-state index in [1.54, 1.807) is 30.3 Å². The van der Waals surface area contributed by atoms with Gasteiger partial charge in [0, 0.05) is 6.20 Å². The lowest BCUT2D eigenvalue weighted by Gasteiger charge is -2.12. The van der Waals surface area contributed by atoms with Crippen LogP contribution in [0.2, 0.25) is 0 Å². The number of rotatable bonds is 5. The maximum Gasteiger partial charge on any atom is 0.573 e. The van der Waals surface area contributed by atoms with Gasteiger partial charge in [-0.2, -0.15) is 0 Å². The average Bonchev–Trinajstić information content (AvgIpc) is 3.07. The zero-order valence-electron chi connectivity index (χ0n) is 13.7. The predicted octanol–water partition coefficient (Wildman–Crippen LogP) is 3.78. The smallest absolute Gasteiger partial charge is 0.406 e. The van der Waals surface area contributed by atoms with E-state index in [4.69, 9.17) is 0 Å². The summed E-state index contributed by atoms with van der Waals surface area (Å²) >= 11 is 0. The van der Waals surface area contributed by atoms with E-state index in [1.807, 2.05) is 0 Å². The first-order chi connectivity index (χ1) is 12.7. The molecule has 5 nitrogen and oxygen atoms in total. The quantitative estimate of drug-likeness (QED) is 0.712. The fraction of sp³-hybridized carbons (Fsp3) is 0.111. The van der Waals surface area contributed by atoms with Crippen LogP contribution in [0.25, 0.3) is 11.3 Å². The summed E-state index contributed by atoms with van der Waals surface area (Å²) in [5.74, 6) is -0.520. The third kappa shape index (κ3) is 4.15. The van der Waals surface area contributed by atoms with Gasteiger partial charge >= 0.3 is 6.36 Å². The summed E-state index contributed by atoms with van der Waals surface area (Å²) in [6.45, 7) is -0.360. The summed E-state index contributed by atoms with van der Waals surface area (Å²) in [4.78, 5) is -0.214. The lowest BCUT2D eigenvalue weighted by Crippen LogP contribution is -2.17. The Hall–Kier alpha value is -2.78. The van der Waals surface area contributed by atoms with Gasteiger partial charge in [-0.1, -0.05) is 30.3 Å². The van der Waals surface area contributed by atoms with Gasteiger partial charge in [-0.3, -0.25) is 0 Å². The Bertz CT molecular complexity index is 1030. The molecule has 0 unspecified atom stereocenters. The van der Waals surface area contributed by atoms with E-state index in [-0.39, 0.29) is 11.5 Å². The molecule has 0 spiro atoms. The van der Waals surface area contributed by atoms with Crippen LogP contribution in [0.5, 0.6) is 5.75 Å². The number of ether oxygens (including phenoxy) is 1. The molecule has 0 bridgehead atoms. The standard InChI is InChI=1S/C18H14F3NO4S/c19-18(20,21)26-15-6-8-16(9-7-15)27(24,25)22-11-13(12-23)10-17(22)14-4-2-1-3-5-14/h1-11,23H,12H2. The Balaban J connectivity index is 2.04. The second kappa shape index (κ2) is 7.09. The van der Waals surface area contributed by atoms with Gasteiger partial charge in [0.25, 0.3) is 10.0 Å². The maximum atomic E-state index is 13.0. The lowest BCUT2D eigenvalue weighted by atomic mass is 10.1. The molecule has 3 aromatic rings. The molecule has 1 aromatic heterocycles. The fourth-order valence-electron chi connectivity index (χ4n) is 2.53. The predicted molar refractivity (Wildman–Crippen MR) is 91.5 cm³/mol. The van der Waals surface area contributed by atoms with E-state index < -0.39 is 22.1 Å². The van der Waals surface area contributed by atoms with E-state index >= 15 is 0 Å². The third-order valence-electron chi connectivity index (χ3n) is 3.71. The van der Waals surface area contributed by atoms with Gasteiger partial charge < -0.3 is 9.84 Å². The molecule has 27 heavy (non-hydrogen) atoms. The fourth-order valence-corrected chi connectivity index (χ4v) is 3.93. The Morgan fingerprint density at radius 1 is 1.00 bits per heavy atom. The van der Waals surface area contributed by atoms with E-state index in [0.29, 0.717) is 16.8 Å². The molecule has 0 amide bonds. The molecular formula is C18H14F3NO4S. The number of halogens is 3. The van der Waals surface area contributed by atoms with Gasteiger partial charge in [0.15, 0.2) is 0 Å². The van der Waals surface area contributed by atoms with Crippen molar-refractivity contribution in [2.75, 3.05) is 0 Å². The number of alkyl halides is 3. The Morgan fingerprint density at radius 2 is 1.63 bits per heavy atom. The Kier molecular flexibility index (Phi) is 4.99. The van der Waals surface area contributed by atoms with Crippen LogP contribution in [0.15, 0.2) is 71.8 Å². The molecule has 0 atom stereocenters. The number of benzene rings is 2. The van der Waals surface area contributed by atoms with E-state index in [9.17, 15) is 26.7 Å². The van der Waals surface area contributed by atoms with Gasteiger partial charge in [0.05, 0.1) is 17.2 Å². The van der Waals surface area contributed by atoms with Crippen LogP contribution in [0, 0.1) is 0 Å². The van der Waals surface area contributed by atoms with Gasteiger partial charge in [-0.15, -0.1) is 13.2 Å². The SMILES string of the molecule is O=S(=O)(c1ccc(OC(F)(F)F)cc1)n1cc(CO)cc1-c1ccccc1. The number of nitrogens with zero attached hydrogens (tertiary/aromatic N) is 1. The summed E-state index contributed by atoms with van der Waals surface area (Å²) in [6.07, 6.45) is -3.59. The van der Waals surface area contributed by atoms with Crippen molar-refractivity contribution in [1.82, 2.24) is 3.97 Å². The minimum absolute atomic E-state index is 0.214. The van der Waals surface area contributed by atoms with Crippen molar-refractivity contribution in [2.24, 2.45) is 0 Å². The van der Waals surface area contributed by atoms with Crippen LogP contribution < -0.4 is 4.74 Å². The third-order valence-corrected chi connectivity index (χ3v) is 5.40. The van der Waals surface area contributed by atoms with Crippen molar-refractivity contribution in [3.8, 4) is 17.0 Å². The molecular weight excluding hydrogens is 383 g/mol. The highest BCUT2D eigenvalue weighted by Crippen LogP contribution is 2.29. The molecule has 1 heterocycles. The van der Waals surface area contributed by atoms with Gasteiger partial charge in [0.2, 0.25) is 0 Å². The van der Waals surface area contributed by atoms with Crippen molar-refractivity contribution in [1.29, 1.82) is 0 Å². The van der Waals surface area contributed by atoms with E-state index in [0.717, 1.165) is 28.2 Å². The monoisotopic (exact) mass is 397 g/mol. The number of hydrogen-bond donors (Lipinski definition) is 1. The molecule has 0 saturated carbocycles. The second-order valence-corrected chi connectivity index (χ2v) is 7.39. The topological polar surface area (TPSA) is 68.5 Å². The normalized spacial score (nSPS) is 12.1. The van der Waals surface area contributed by atoms with Crippen LogP contribution in [0.3, 0.4) is 0 Å². The Labute approximate surface area is 153 Å². The average molecular weight is 397 g/mol. The summed E-state index contributed by atoms with van der Waals surface area (Å²) in [7, 11) is -4.10. The minimum Gasteiger partial charge on any atom is -0.406 e. The molecule has 0 aliphatic rings. The minimum atomic E-state index is -4.86. The first-order valence-electron chi connectivity index (χ1n) is 7.69. The zero-order chi connectivity index (χ0) is 19.7. The molecule has 1 N–H and O–H groups in total. The van der Waals surface area contributed by atoms with E-state index in [2.05, 4.69) is 4.74 Å². The number of aliphatic hydroxyl groups is 1. The molecule has 0 aliphatic heterocycles. The van der Waals surface area contributed by atoms with Crippen molar-refractivity contribution in [3.05, 3.63) is 72.4 Å². The summed E-state index contributed by atoms with van der Waals surface area (Å²) < 4.78 is 67.5. The molecule has 9 heteroatoms. The highest BCUT2D eigenvalue weighted by atomic mass is 32.2. The molecule has 0 fully saturated rings. The summed E-state index contributed by atoms with van der Waals surface area (Å²) in [6, 6.07) is 14.1. The molecule has 3 rings (SSSR count). The number of hydrogen-bond acceptors (Lipinski definition) is 4. The molecule has 142 valence electrons. The second-order valence-electron chi connectivity index (χ2n) is 5.58. The van der Waals surface area contributed by atoms with Crippen LogP contribution in [0.1, 0.15) is 5.56 Å². The van der Waals surface area contributed by atoms with Crippen molar-refractivity contribution in [3.63, 3.8) is 0 Å². The maximum absolute atomic E-state index is 13.0. The van der Waals surface area contributed by atoms with Crippen molar-refractivity contribution < 1.29 is 31.4 Å². The highest BCUT2D eigenvalue weighted by molar-refractivity contribution is 7.90. The van der Waals surface area contributed by atoms with Crippen molar-refractivity contribution in [2.45, 2.75) is 17.9 Å². The largest absolute Gasteiger partial charge is 0.573 e. The molecule has 2 aromatic carbocycles. The Morgan fingerprint density at radius 3 is 2.19 bits per heavy atom. The van der Waals surface area contributed by atoms with Gasteiger partial charge in [0.1, 0.15) is 5.75 Å². The lowest BCUT2D eigenvalue weighted by molar-refractivity contribution is -0.274. The highest BCUT2D eigenvalue weighted by Gasteiger charge is 2.31. The van der Waals surface area contributed by atoms with Gasteiger partial charge in [-0.25, -0.2) is 12.4 Å². The number of aliphatic hydroxyl groups excluding tert-OH is 1. The molecule has 0 aliphatic carbocycles. The number of aromatic nitrogens is 1. The van der Waals surface area contributed by atoms with Crippen molar-refractivity contribution >= 4 is 10.0 Å². The van der Waals surface area contributed by atoms with Crippen LogP contribution in [0.4, 0.5) is 13.2 Å². The van der Waals surface area contributed by atoms with E-state index in [1.165, 1.54) is 12.3 Å². The zero-order valence-corrected chi connectivity index (χ0v) is 14.5. The molecule has 0 radical (unpaired) electrons. The van der Waals surface area contributed by atoms with Crippen LogP contribution in [-0.4, -0.2) is 23.9 Å².